The van der Waals surface area contributed by atoms with Gasteiger partial charge in [0.1, 0.15) is 6.04 Å². The number of nitrogens with one attached hydrogen (secondary N) is 1. The molecule has 1 fully saturated rings. The number of imide groups is 1. The molecule has 1 N–H and O–H groups in total. The number of fused-ring (bicyclic) bond motifs is 2. The summed E-state index contributed by atoms with van der Waals surface area (Å²) < 4.78 is 15.8. The molecule has 0 radical (unpaired) electrons. The van der Waals surface area contributed by atoms with E-state index in [9.17, 15) is 24.0 Å². The lowest BCUT2D eigenvalue weighted by Crippen LogP contribution is -2.47. The predicted molar refractivity (Wildman–Crippen MR) is 123 cm³/mol. The summed E-state index contributed by atoms with van der Waals surface area (Å²) in [6.07, 6.45) is 4.90. The normalized spacial score (nSPS) is 21.2. The number of nitrogens with zero attached hydrogens (tertiary/aromatic N) is 1. The van der Waals surface area contributed by atoms with Gasteiger partial charge in [-0.05, 0) is 38.2 Å². The molecule has 1 aromatic carbocycles. The van der Waals surface area contributed by atoms with E-state index in [2.05, 4.69) is 5.32 Å². The van der Waals surface area contributed by atoms with Crippen LogP contribution >= 0.6 is 0 Å². The number of hydrogen-bond donors (Lipinski definition) is 1. The Bertz CT molecular complexity index is 1080. The van der Waals surface area contributed by atoms with Gasteiger partial charge in [-0.15, -0.1) is 0 Å². The van der Waals surface area contributed by atoms with Crippen LogP contribution in [0.4, 0.5) is 5.69 Å². The summed E-state index contributed by atoms with van der Waals surface area (Å²) in [4.78, 5) is 64.6. The summed E-state index contributed by atoms with van der Waals surface area (Å²) in [5.41, 5.74) is 0.416. The topological polar surface area (TPSA) is 128 Å². The molecular formula is C25H28N2O8. The van der Waals surface area contributed by atoms with Gasteiger partial charge in [0.25, 0.3) is 5.91 Å². The number of esters is 1. The molecule has 1 aromatic rings. The minimum absolute atomic E-state index is 0.00461. The van der Waals surface area contributed by atoms with Crippen molar-refractivity contribution in [3.05, 3.63) is 29.8 Å². The Morgan fingerprint density at radius 3 is 2.23 bits per heavy atom. The van der Waals surface area contributed by atoms with E-state index < -0.39 is 36.4 Å². The van der Waals surface area contributed by atoms with Crippen LogP contribution in [0.1, 0.15) is 50.4 Å². The number of likely N-dealkylation sites (tertiary alicyclic amines) is 1. The lowest BCUT2D eigenvalue weighted by molar-refractivity contribution is -0.160. The largest absolute Gasteiger partial charge is 0.454 e. The van der Waals surface area contributed by atoms with Crippen molar-refractivity contribution in [2.45, 2.75) is 46.1 Å². The Morgan fingerprint density at radius 1 is 1.06 bits per heavy atom. The maximum absolute atomic E-state index is 13.0. The Kier molecular flexibility index (Phi) is 6.90. The number of ketones is 1. The molecule has 3 amide bonds. The molecule has 0 bridgehead atoms. The molecule has 3 atom stereocenters. The van der Waals surface area contributed by atoms with Crippen LogP contribution in [0.5, 0.6) is 11.5 Å². The Morgan fingerprint density at radius 2 is 1.66 bits per heavy atom. The summed E-state index contributed by atoms with van der Waals surface area (Å²) in [5.74, 6) is -2.70. The molecule has 35 heavy (non-hydrogen) atoms. The summed E-state index contributed by atoms with van der Waals surface area (Å²) in [5, 5.41) is 2.56. The number of hydrogen-bond acceptors (Lipinski definition) is 8. The highest BCUT2D eigenvalue weighted by Gasteiger charge is 2.51. The number of rotatable bonds is 8. The second-order valence-corrected chi connectivity index (χ2v) is 9.31. The lowest BCUT2D eigenvalue weighted by Gasteiger charge is -2.26. The molecule has 10 nitrogen and oxygen atoms in total. The number of Topliss-reactive ketones (excluding diaryl/α,β-unsaturated/α-hetero) is 1. The molecule has 1 saturated heterocycles. The minimum Gasteiger partial charge on any atom is -0.454 e. The van der Waals surface area contributed by atoms with Gasteiger partial charge in [-0.25, -0.2) is 4.79 Å². The van der Waals surface area contributed by atoms with Crippen LogP contribution in [-0.4, -0.2) is 53.8 Å². The molecular weight excluding hydrogens is 456 g/mol. The van der Waals surface area contributed by atoms with Gasteiger partial charge in [0, 0.05) is 11.6 Å². The summed E-state index contributed by atoms with van der Waals surface area (Å²) >= 11 is 0. The molecule has 0 spiro atoms. The molecule has 4 rings (SSSR count). The van der Waals surface area contributed by atoms with E-state index in [0.717, 1.165) is 4.90 Å². The van der Waals surface area contributed by atoms with Crippen molar-refractivity contribution in [1.29, 1.82) is 0 Å². The number of allylic oxidation sites excluding steroid dienone is 2. The second-order valence-electron chi connectivity index (χ2n) is 9.31. The highest BCUT2D eigenvalue weighted by molar-refractivity contribution is 6.08. The van der Waals surface area contributed by atoms with E-state index in [1.165, 1.54) is 19.1 Å². The Hall–Kier alpha value is -3.69. The van der Waals surface area contributed by atoms with Crippen LogP contribution in [0, 0.1) is 17.8 Å². The van der Waals surface area contributed by atoms with Crippen molar-refractivity contribution in [3.8, 4) is 11.5 Å². The number of benzene rings is 1. The zero-order valence-corrected chi connectivity index (χ0v) is 19.9. The molecule has 0 aromatic heterocycles. The van der Waals surface area contributed by atoms with E-state index in [1.807, 2.05) is 26.0 Å². The number of anilines is 1. The van der Waals surface area contributed by atoms with Gasteiger partial charge >= 0.3 is 5.97 Å². The smallest absolute Gasteiger partial charge is 0.329 e. The summed E-state index contributed by atoms with van der Waals surface area (Å²) in [6, 6.07) is 1.84. The minimum atomic E-state index is -1.10. The third-order valence-electron chi connectivity index (χ3n) is 6.33. The van der Waals surface area contributed by atoms with Crippen LogP contribution in [0.25, 0.3) is 0 Å². The lowest BCUT2D eigenvalue weighted by atomic mass is 9.85. The fraction of sp³-hybridized carbons (Fsp3) is 0.480. The van der Waals surface area contributed by atoms with E-state index in [1.54, 1.807) is 0 Å². The Labute approximate surface area is 202 Å². The zero-order valence-electron chi connectivity index (χ0n) is 19.9. The van der Waals surface area contributed by atoms with Crippen molar-refractivity contribution >= 4 is 35.2 Å². The van der Waals surface area contributed by atoms with E-state index >= 15 is 0 Å². The highest BCUT2D eigenvalue weighted by atomic mass is 16.7. The van der Waals surface area contributed by atoms with Gasteiger partial charge in [0.2, 0.25) is 18.6 Å². The van der Waals surface area contributed by atoms with Crippen LogP contribution in [-0.2, 0) is 23.9 Å². The average molecular weight is 485 g/mol. The van der Waals surface area contributed by atoms with Crippen molar-refractivity contribution in [3.63, 3.8) is 0 Å². The van der Waals surface area contributed by atoms with Crippen molar-refractivity contribution < 1.29 is 38.2 Å². The Balaban J connectivity index is 1.44. The van der Waals surface area contributed by atoms with Crippen LogP contribution in [0.15, 0.2) is 24.3 Å². The first-order valence-corrected chi connectivity index (χ1v) is 11.6. The van der Waals surface area contributed by atoms with Gasteiger partial charge in [-0.2, -0.15) is 0 Å². The first-order valence-electron chi connectivity index (χ1n) is 11.6. The molecule has 2 heterocycles. The third-order valence-corrected chi connectivity index (χ3v) is 6.33. The predicted octanol–water partition coefficient (Wildman–Crippen LogP) is 2.47. The average Bonchev–Trinajstić information content (AvgIpc) is 3.37. The molecule has 0 saturated carbocycles. The van der Waals surface area contributed by atoms with Gasteiger partial charge in [-0.1, -0.05) is 26.0 Å². The van der Waals surface area contributed by atoms with Crippen molar-refractivity contribution in [2.24, 2.45) is 17.8 Å². The monoisotopic (exact) mass is 484 g/mol. The van der Waals surface area contributed by atoms with E-state index in [-0.39, 0.29) is 48.0 Å². The molecule has 186 valence electrons. The highest BCUT2D eigenvalue weighted by Crippen LogP contribution is 2.38. The van der Waals surface area contributed by atoms with Gasteiger partial charge in [-0.3, -0.25) is 24.1 Å². The zero-order chi connectivity index (χ0) is 25.3. The van der Waals surface area contributed by atoms with Crippen molar-refractivity contribution in [2.75, 3.05) is 18.7 Å². The molecule has 3 aliphatic rings. The number of carbonyl (C=O) groups is 5. The van der Waals surface area contributed by atoms with E-state index in [0.29, 0.717) is 24.3 Å². The fourth-order valence-electron chi connectivity index (χ4n) is 4.64. The number of carbonyl (C=O) groups excluding carboxylic acids is 5. The summed E-state index contributed by atoms with van der Waals surface area (Å²) in [7, 11) is 0. The standard InChI is InChI=1S/C25H28N2O8/c1-13(2)8-19(27-23(30)15-6-4-5-7-16(15)24(27)31)25(32)33-11-22(29)26-18-10-21-20(34-12-35-21)9-17(18)14(3)28/h4-5,9-10,13,15-16,19H,6-8,11-12H2,1-3H3,(H,26,29). The van der Waals surface area contributed by atoms with Crippen LogP contribution in [0.3, 0.4) is 0 Å². The SMILES string of the molecule is CC(=O)c1cc2c(cc1NC(=O)COC(=O)C(CC(C)C)N1C(=O)C3CC=CCC3C1=O)OCO2. The third kappa shape index (κ3) is 4.91. The van der Waals surface area contributed by atoms with Crippen LogP contribution in [0.2, 0.25) is 0 Å². The second kappa shape index (κ2) is 9.89. The molecule has 1 aliphatic carbocycles. The number of amides is 3. The van der Waals surface area contributed by atoms with E-state index in [4.69, 9.17) is 14.2 Å². The quantitative estimate of drug-likeness (QED) is 0.258. The number of ether oxygens (including phenoxy) is 3. The first kappa shape index (κ1) is 24.4. The molecule has 3 unspecified atom stereocenters. The van der Waals surface area contributed by atoms with Gasteiger partial charge in [0.05, 0.1) is 17.5 Å². The van der Waals surface area contributed by atoms with Gasteiger partial charge < -0.3 is 19.5 Å². The van der Waals surface area contributed by atoms with Gasteiger partial charge in [0.15, 0.2) is 23.9 Å². The maximum atomic E-state index is 13.0. The molecule has 2 aliphatic heterocycles. The first-order chi connectivity index (χ1) is 16.7. The van der Waals surface area contributed by atoms with Crippen LogP contribution < -0.4 is 14.8 Å². The summed E-state index contributed by atoms with van der Waals surface area (Å²) in [6.45, 7) is 4.44. The fourth-order valence-corrected chi connectivity index (χ4v) is 4.64. The molecule has 10 heteroatoms. The van der Waals surface area contributed by atoms with Crippen molar-refractivity contribution in [1.82, 2.24) is 4.90 Å². The maximum Gasteiger partial charge on any atom is 0.329 e.